The maximum Gasteiger partial charge on any atom is 0.282 e. The summed E-state index contributed by atoms with van der Waals surface area (Å²) in [6.07, 6.45) is 1.91. The van der Waals surface area contributed by atoms with E-state index in [1.165, 1.54) is 4.31 Å². The van der Waals surface area contributed by atoms with Crippen LogP contribution < -0.4 is 4.74 Å². The molecule has 2 fully saturated rings. The standard InChI is InChI=1S/C13H18N2O3S/c16-19(17,14-8-4-5-9-14)15-10-13(11-15)18-12-6-2-1-3-7-12/h1-3,6-7,13H,4-5,8-11H2. The van der Waals surface area contributed by atoms with Crippen molar-refractivity contribution in [3.63, 3.8) is 0 Å². The third-order valence-corrected chi connectivity index (χ3v) is 5.55. The van der Waals surface area contributed by atoms with Crippen molar-refractivity contribution in [3.05, 3.63) is 30.3 Å². The lowest BCUT2D eigenvalue weighted by Gasteiger charge is -2.39. The Morgan fingerprint density at radius 2 is 1.63 bits per heavy atom. The third kappa shape index (κ3) is 2.61. The van der Waals surface area contributed by atoms with Crippen LogP contribution in [0.4, 0.5) is 0 Å². The molecule has 2 heterocycles. The van der Waals surface area contributed by atoms with Gasteiger partial charge in [0.2, 0.25) is 0 Å². The molecule has 2 aliphatic rings. The number of hydrogen-bond acceptors (Lipinski definition) is 3. The number of hydrogen-bond donors (Lipinski definition) is 0. The van der Waals surface area contributed by atoms with Crippen molar-refractivity contribution in [2.45, 2.75) is 18.9 Å². The molecule has 1 aromatic rings. The van der Waals surface area contributed by atoms with Crippen LogP contribution in [0.15, 0.2) is 30.3 Å². The third-order valence-electron chi connectivity index (χ3n) is 3.58. The van der Waals surface area contributed by atoms with Gasteiger partial charge in [0.05, 0.1) is 13.1 Å². The summed E-state index contributed by atoms with van der Waals surface area (Å²) in [5.74, 6) is 0.797. The van der Waals surface area contributed by atoms with E-state index in [1.807, 2.05) is 30.3 Å². The first-order valence-electron chi connectivity index (χ1n) is 6.63. The Labute approximate surface area is 114 Å². The van der Waals surface area contributed by atoms with E-state index in [2.05, 4.69) is 0 Å². The lowest BCUT2D eigenvalue weighted by atomic mass is 10.2. The molecule has 0 aromatic heterocycles. The lowest BCUT2D eigenvalue weighted by molar-refractivity contribution is 0.0720. The summed E-state index contributed by atoms with van der Waals surface area (Å²) in [5.41, 5.74) is 0. The average molecular weight is 282 g/mol. The van der Waals surface area contributed by atoms with Crippen molar-refractivity contribution < 1.29 is 13.2 Å². The largest absolute Gasteiger partial charge is 0.488 e. The van der Waals surface area contributed by atoms with E-state index >= 15 is 0 Å². The SMILES string of the molecule is O=S(=O)(N1CCCC1)N1CC(Oc2ccccc2)C1. The topological polar surface area (TPSA) is 49.9 Å². The van der Waals surface area contributed by atoms with Crippen LogP contribution in [-0.4, -0.2) is 49.3 Å². The molecule has 0 amide bonds. The molecule has 3 rings (SSSR count). The maximum atomic E-state index is 12.2. The highest BCUT2D eigenvalue weighted by Crippen LogP contribution is 2.24. The Morgan fingerprint density at radius 3 is 2.26 bits per heavy atom. The summed E-state index contributed by atoms with van der Waals surface area (Å²) in [7, 11) is -3.24. The van der Waals surface area contributed by atoms with Crippen molar-refractivity contribution in [2.24, 2.45) is 0 Å². The summed E-state index contributed by atoms with van der Waals surface area (Å²) in [4.78, 5) is 0. The van der Waals surface area contributed by atoms with Gasteiger partial charge in [0.15, 0.2) is 0 Å². The van der Waals surface area contributed by atoms with Crippen LogP contribution in [0.25, 0.3) is 0 Å². The molecule has 0 N–H and O–H groups in total. The van der Waals surface area contributed by atoms with Crippen LogP contribution in [0.2, 0.25) is 0 Å². The molecule has 104 valence electrons. The highest BCUT2D eigenvalue weighted by molar-refractivity contribution is 7.86. The fourth-order valence-corrected chi connectivity index (χ4v) is 4.19. The molecule has 2 saturated heterocycles. The van der Waals surface area contributed by atoms with Crippen LogP contribution in [-0.2, 0) is 10.2 Å². The van der Waals surface area contributed by atoms with E-state index in [9.17, 15) is 8.42 Å². The molecule has 0 unspecified atom stereocenters. The number of nitrogens with zero attached hydrogens (tertiary/aromatic N) is 2. The minimum absolute atomic E-state index is 0.0280. The van der Waals surface area contributed by atoms with Gasteiger partial charge in [0.1, 0.15) is 11.9 Å². The first-order chi connectivity index (χ1) is 9.16. The molecule has 2 aliphatic heterocycles. The zero-order chi connectivity index (χ0) is 13.3. The number of rotatable bonds is 4. The molecule has 1 aromatic carbocycles. The second-order valence-electron chi connectivity index (χ2n) is 4.98. The molecule has 19 heavy (non-hydrogen) atoms. The second kappa shape index (κ2) is 5.11. The Kier molecular flexibility index (Phi) is 3.47. The molecule has 0 radical (unpaired) electrons. The summed E-state index contributed by atoms with van der Waals surface area (Å²) in [5, 5.41) is 0. The zero-order valence-electron chi connectivity index (χ0n) is 10.7. The summed E-state index contributed by atoms with van der Waals surface area (Å²) >= 11 is 0. The molecule has 0 spiro atoms. The second-order valence-corrected chi connectivity index (χ2v) is 6.91. The van der Waals surface area contributed by atoms with Gasteiger partial charge in [-0.15, -0.1) is 0 Å². The van der Waals surface area contributed by atoms with Gasteiger partial charge < -0.3 is 4.74 Å². The van der Waals surface area contributed by atoms with E-state index in [1.54, 1.807) is 4.31 Å². The number of para-hydroxylation sites is 1. The fourth-order valence-electron chi connectivity index (χ4n) is 2.44. The first-order valence-corrected chi connectivity index (χ1v) is 8.03. The maximum absolute atomic E-state index is 12.2. The normalized spacial score (nSPS) is 22.3. The van der Waals surface area contributed by atoms with E-state index in [0.717, 1.165) is 18.6 Å². The smallest absolute Gasteiger partial charge is 0.282 e. The van der Waals surface area contributed by atoms with Gasteiger partial charge >= 0.3 is 0 Å². The highest BCUT2D eigenvalue weighted by Gasteiger charge is 2.41. The van der Waals surface area contributed by atoms with Crippen LogP contribution in [0, 0.1) is 0 Å². The fraction of sp³-hybridized carbons (Fsp3) is 0.538. The van der Waals surface area contributed by atoms with Gasteiger partial charge in [-0.25, -0.2) is 0 Å². The molecule has 5 nitrogen and oxygen atoms in total. The molecule has 0 atom stereocenters. The number of ether oxygens (including phenoxy) is 1. The van der Waals surface area contributed by atoms with Crippen molar-refractivity contribution in [2.75, 3.05) is 26.2 Å². The van der Waals surface area contributed by atoms with E-state index < -0.39 is 10.2 Å². The Morgan fingerprint density at radius 1 is 1.00 bits per heavy atom. The van der Waals surface area contributed by atoms with Gasteiger partial charge in [-0.2, -0.15) is 17.0 Å². The summed E-state index contributed by atoms with van der Waals surface area (Å²) < 4.78 is 33.2. The molecule has 0 bridgehead atoms. The molecule has 0 aliphatic carbocycles. The Bertz CT molecular complexity index is 520. The van der Waals surface area contributed by atoms with Crippen LogP contribution >= 0.6 is 0 Å². The predicted molar refractivity (Wildman–Crippen MR) is 72.2 cm³/mol. The monoisotopic (exact) mass is 282 g/mol. The minimum atomic E-state index is -3.24. The molecule has 0 saturated carbocycles. The summed E-state index contributed by atoms with van der Waals surface area (Å²) in [6.45, 7) is 2.22. The van der Waals surface area contributed by atoms with E-state index in [-0.39, 0.29) is 6.10 Å². The van der Waals surface area contributed by atoms with Gasteiger partial charge in [0, 0.05) is 13.1 Å². The van der Waals surface area contributed by atoms with Gasteiger partial charge in [-0.05, 0) is 25.0 Å². The van der Waals surface area contributed by atoms with Crippen LogP contribution in [0.5, 0.6) is 5.75 Å². The number of benzene rings is 1. The molecule has 6 heteroatoms. The Hall–Kier alpha value is -1.11. The van der Waals surface area contributed by atoms with E-state index in [0.29, 0.717) is 26.2 Å². The van der Waals surface area contributed by atoms with Crippen LogP contribution in [0.1, 0.15) is 12.8 Å². The predicted octanol–water partition coefficient (Wildman–Crippen LogP) is 1.09. The first kappa shape index (κ1) is 12.9. The quantitative estimate of drug-likeness (QED) is 0.830. The van der Waals surface area contributed by atoms with Crippen molar-refractivity contribution in [1.29, 1.82) is 0 Å². The van der Waals surface area contributed by atoms with E-state index in [4.69, 9.17) is 4.74 Å². The van der Waals surface area contributed by atoms with Gasteiger partial charge in [-0.3, -0.25) is 0 Å². The van der Waals surface area contributed by atoms with Crippen molar-refractivity contribution in [1.82, 2.24) is 8.61 Å². The Balaban J connectivity index is 1.55. The van der Waals surface area contributed by atoms with Gasteiger partial charge in [0.25, 0.3) is 10.2 Å². The molecular weight excluding hydrogens is 264 g/mol. The van der Waals surface area contributed by atoms with Crippen LogP contribution in [0.3, 0.4) is 0 Å². The average Bonchev–Trinajstić information content (AvgIpc) is 2.89. The zero-order valence-corrected chi connectivity index (χ0v) is 11.6. The molecular formula is C13H18N2O3S. The van der Waals surface area contributed by atoms with Crippen molar-refractivity contribution in [3.8, 4) is 5.75 Å². The highest BCUT2D eigenvalue weighted by atomic mass is 32.2. The lowest BCUT2D eigenvalue weighted by Crippen LogP contribution is -2.59. The minimum Gasteiger partial charge on any atom is -0.488 e. The van der Waals surface area contributed by atoms with Gasteiger partial charge in [-0.1, -0.05) is 18.2 Å². The summed E-state index contributed by atoms with van der Waals surface area (Å²) in [6, 6.07) is 9.52. The van der Waals surface area contributed by atoms with Crippen molar-refractivity contribution >= 4 is 10.2 Å².